The number of para-hydroxylation sites is 1. The van der Waals surface area contributed by atoms with Crippen molar-refractivity contribution >= 4 is 23.2 Å². The predicted octanol–water partition coefficient (Wildman–Crippen LogP) is 3.19. The van der Waals surface area contributed by atoms with Crippen LogP contribution in [0.15, 0.2) is 48.5 Å². The molecule has 1 aliphatic rings. The lowest BCUT2D eigenvalue weighted by Crippen LogP contribution is -2.35. The number of hydrogen-bond donors (Lipinski definition) is 1. The van der Waals surface area contributed by atoms with Crippen LogP contribution in [-0.4, -0.2) is 43.7 Å². The number of nitrogens with one attached hydrogen (secondary N) is 1. The first-order valence-corrected chi connectivity index (χ1v) is 8.65. The Morgan fingerprint density at radius 1 is 1.16 bits per heavy atom. The largest absolute Gasteiger partial charge is 0.484 e. The number of anilines is 1. The Morgan fingerprint density at radius 2 is 1.92 bits per heavy atom. The summed E-state index contributed by atoms with van der Waals surface area (Å²) in [5.41, 5.74) is 1.71. The predicted molar refractivity (Wildman–Crippen MR) is 98.1 cm³/mol. The van der Waals surface area contributed by atoms with Gasteiger partial charge in [-0.3, -0.25) is 9.69 Å². The second-order valence-electron chi connectivity index (χ2n) is 5.84. The van der Waals surface area contributed by atoms with Gasteiger partial charge in [-0.25, -0.2) is 0 Å². The fourth-order valence-electron chi connectivity index (χ4n) is 2.62. The lowest BCUT2D eigenvalue weighted by Gasteiger charge is -2.27. The Balaban J connectivity index is 1.52. The van der Waals surface area contributed by atoms with Gasteiger partial charge in [0.1, 0.15) is 5.75 Å². The molecule has 0 atom stereocenters. The molecule has 0 unspecified atom stereocenters. The van der Waals surface area contributed by atoms with Crippen LogP contribution in [0.4, 0.5) is 5.69 Å². The number of halogens is 1. The van der Waals surface area contributed by atoms with Crippen LogP contribution in [0.25, 0.3) is 0 Å². The van der Waals surface area contributed by atoms with E-state index in [4.69, 9.17) is 21.1 Å². The molecule has 0 aromatic heterocycles. The van der Waals surface area contributed by atoms with Crippen LogP contribution in [0, 0.1) is 0 Å². The molecular weight excluding hydrogens is 340 g/mol. The summed E-state index contributed by atoms with van der Waals surface area (Å²) in [5, 5.41) is 3.45. The SMILES string of the molecule is O=C(COc1ccccc1)Nc1ccc(CN2CCOCC2)c(Cl)c1. The molecule has 3 rings (SSSR count). The highest BCUT2D eigenvalue weighted by molar-refractivity contribution is 6.31. The van der Waals surface area contributed by atoms with Crippen molar-refractivity contribution in [2.75, 3.05) is 38.2 Å². The number of benzene rings is 2. The van der Waals surface area contributed by atoms with Crippen molar-refractivity contribution in [1.29, 1.82) is 0 Å². The van der Waals surface area contributed by atoms with Crippen molar-refractivity contribution in [2.45, 2.75) is 6.54 Å². The summed E-state index contributed by atoms with van der Waals surface area (Å²) in [5.74, 6) is 0.442. The molecule has 6 heteroatoms. The van der Waals surface area contributed by atoms with Crippen LogP contribution < -0.4 is 10.1 Å². The zero-order valence-corrected chi connectivity index (χ0v) is 14.7. The lowest BCUT2D eigenvalue weighted by molar-refractivity contribution is -0.118. The molecule has 1 N–H and O–H groups in total. The van der Waals surface area contributed by atoms with E-state index in [-0.39, 0.29) is 12.5 Å². The molecule has 132 valence electrons. The number of carbonyl (C=O) groups excluding carboxylic acids is 1. The summed E-state index contributed by atoms with van der Waals surface area (Å²) in [6.07, 6.45) is 0. The van der Waals surface area contributed by atoms with Gasteiger partial charge in [0, 0.05) is 30.3 Å². The van der Waals surface area contributed by atoms with Gasteiger partial charge in [-0.15, -0.1) is 0 Å². The zero-order valence-electron chi connectivity index (χ0n) is 13.9. The quantitative estimate of drug-likeness (QED) is 0.859. The highest BCUT2D eigenvalue weighted by Crippen LogP contribution is 2.23. The molecule has 0 saturated carbocycles. The van der Waals surface area contributed by atoms with Crippen LogP contribution in [0.5, 0.6) is 5.75 Å². The van der Waals surface area contributed by atoms with E-state index < -0.39 is 0 Å². The Morgan fingerprint density at radius 3 is 2.64 bits per heavy atom. The number of carbonyl (C=O) groups is 1. The standard InChI is InChI=1S/C19H21ClN2O3/c20-18-12-16(7-6-15(18)13-22-8-10-24-11-9-22)21-19(23)14-25-17-4-2-1-3-5-17/h1-7,12H,8-11,13-14H2,(H,21,23). The number of ether oxygens (including phenoxy) is 2. The van der Waals surface area contributed by atoms with Crippen molar-refractivity contribution in [3.8, 4) is 5.75 Å². The highest BCUT2D eigenvalue weighted by atomic mass is 35.5. The summed E-state index contributed by atoms with van der Waals surface area (Å²) in [4.78, 5) is 14.3. The van der Waals surface area contributed by atoms with E-state index >= 15 is 0 Å². The number of hydrogen-bond acceptors (Lipinski definition) is 4. The van der Waals surface area contributed by atoms with Gasteiger partial charge in [-0.1, -0.05) is 35.9 Å². The van der Waals surface area contributed by atoms with E-state index in [1.165, 1.54) is 0 Å². The summed E-state index contributed by atoms with van der Waals surface area (Å²) >= 11 is 6.36. The molecule has 0 aliphatic carbocycles. The summed E-state index contributed by atoms with van der Waals surface area (Å²) in [6, 6.07) is 14.8. The Hall–Kier alpha value is -2.08. The minimum Gasteiger partial charge on any atom is -0.484 e. The van der Waals surface area contributed by atoms with E-state index in [2.05, 4.69) is 10.2 Å². The van der Waals surface area contributed by atoms with E-state index in [9.17, 15) is 4.79 Å². The van der Waals surface area contributed by atoms with Crippen LogP contribution in [0.1, 0.15) is 5.56 Å². The van der Waals surface area contributed by atoms with Gasteiger partial charge >= 0.3 is 0 Å². The number of amides is 1. The normalized spacial score (nSPS) is 14.9. The molecule has 0 spiro atoms. The molecule has 1 heterocycles. The Bertz CT molecular complexity index is 703. The molecule has 2 aromatic carbocycles. The number of nitrogens with zero attached hydrogens (tertiary/aromatic N) is 1. The fourth-order valence-corrected chi connectivity index (χ4v) is 2.86. The van der Waals surface area contributed by atoms with Crippen molar-refractivity contribution in [3.05, 3.63) is 59.1 Å². The molecule has 2 aromatic rings. The second kappa shape index (κ2) is 8.85. The molecular formula is C19H21ClN2O3. The van der Waals surface area contributed by atoms with Crippen LogP contribution in [0.3, 0.4) is 0 Å². The third-order valence-electron chi connectivity index (χ3n) is 3.95. The van der Waals surface area contributed by atoms with Crippen LogP contribution in [0.2, 0.25) is 5.02 Å². The van der Waals surface area contributed by atoms with E-state index in [0.717, 1.165) is 38.4 Å². The maximum Gasteiger partial charge on any atom is 0.262 e. The minimum atomic E-state index is -0.221. The summed E-state index contributed by atoms with van der Waals surface area (Å²) in [6.45, 7) is 4.07. The van der Waals surface area contributed by atoms with Crippen LogP contribution in [-0.2, 0) is 16.1 Å². The van der Waals surface area contributed by atoms with Crippen LogP contribution >= 0.6 is 11.6 Å². The van der Waals surface area contributed by atoms with Gasteiger partial charge in [-0.2, -0.15) is 0 Å². The highest BCUT2D eigenvalue weighted by Gasteiger charge is 2.13. The first-order chi connectivity index (χ1) is 12.2. The number of morpholine rings is 1. The number of rotatable bonds is 6. The lowest BCUT2D eigenvalue weighted by atomic mass is 10.2. The molecule has 1 aliphatic heterocycles. The summed E-state index contributed by atoms with van der Waals surface area (Å²) in [7, 11) is 0. The smallest absolute Gasteiger partial charge is 0.262 e. The second-order valence-corrected chi connectivity index (χ2v) is 6.25. The van der Waals surface area contributed by atoms with Crippen molar-refractivity contribution in [2.24, 2.45) is 0 Å². The third-order valence-corrected chi connectivity index (χ3v) is 4.30. The third kappa shape index (κ3) is 5.46. The zero-order chi connectivity index (χ0) is 17.5. The molecule has 5 nitrogen and oxygen atoms in total. The van der Waals surface area contributed by atoms with Gasteiger partial charge in [-0.05, 0) is 29.8 Å². The van der Waals surface area contributed by atoms with Crippen molar-refractivity contribution in [3.63, 3.8) is 0 Å². The first-order valence-electron chi connectivity index (χ1n) is 8.27. The van der Waals surface area contributed by atoms with Crippen molar-refractivity contribution < 1.29 is 14.3 Å². The minimum absolute atomic E-state index is 0.0445. The maximum atomic E-state index is 12.0. The van der Waals surface area contributed by atoms with E-state index in [0.29, 0.717) is 16.5 Å². The van der Waals surface area contributed by atoms with Crippen molar-refractivity contribution in [1.82, 2.24) is 4.90 Å². The van der Waals surface area contributed by atoms with Gasteiger partial charge < -0.3 is 14.8 Å². The Kier molecular flexibility index (Phi) is 6.28. The topological polar surface area (TPSA) is 50.8 Å². The molecule has 1 saturated heterocycles. The maximum absolute atomic E-state index is 12.0. The van der Waals surface area contributed by atoms with Gasteiger partial charge in [0.25, 0.3) is 5.91 Å². The molecule has 0 bridgehead atoms. The van der Waals surface area contributed by atoms with Gasteiger partial charge in [0.2, 0.25) is 0 Å². The van der Waals surface area contributed by atoms with Gasteiger partial charge in [0.15, 0.2) is 6.61 Å². The fraction of sp³-hybridized carbons (Fsp3) is 0.316. The first kappa shape index (κ1) is 17.7. The van der Waals surface area contributed by atoms with E-state index in [1.807, 2.05) is 42.5 Å². The average molecular weight is 361 g/mol. The van der Waals surface area contributed by atoms with Gasteiger partial charge in [0.05, 0.1) is 13.2 Å². The summed E-state index contributed by atoms with van der Waals surface area (Å²) < 4.78 is 10.8. The monoisotopic (exact) mass is 360 g/mol. The van der Waals surface area contributed by atoms with E-state index in [1.54, 1.807) is 6.07 Å². The molecule has 1 amide bonds. The average Bonchev–Trinajstić information content (AvgIpc) is 2.64. The molecule has 25 heavy (non-hydrogen) atoms. The Labute approximate surface area is 152 Å². The molecule has 1 fully saturated rings. The molecule has 0 radical (unpaired) electrons.